The summed E-state index contributed by atoms with van der Waals surface area (Å²) < 4.78 is 10.0. The number of rotatable bonds is 7. The standard InChI is InChI=1S/C10H18O4S2/c1-7(13-9(11)5-15)3-4-8(2)14-10(12)6-16/h7-8,15-16H,3-6H2,1-2H3. The van der Waals surface area contributed by atoms with E-state index < -0.39 is 0 Å². The third-order valence-corrected chi connectivity index (χ3v) is 2.42. The van der Waals surface area contributed by atoms with Crippen molar-refractivity contribution in [3.8, 4) is 0 Å². The van der Waals surface area contributed by atoms with E-state index in [9.17, 15) is 9.59 Å². The second kappa shape index (κ2) is 8.75. The lowest BCUT2D eigenvalue weighted by Gasteiger charge is -2.16. The Kier molecular flexibility index (Phi) is 8.56. The predicted molar refractivity (Wildman–Crippen MR) is 68.0 cm³/mol. The van der Waals surface area contributed by atoms with Crippen molar-refractivity contribution >= 4 is 37.2 Å². The Hall–Kier alpha value is -0.360. The second-order valence-corrected chi connectivity index (χ2v) is 4.13. The Bertz CT molecular complexity index is 209. The summed E-state index contributed by atoms with van der Waals surface area (Å²) in [6.07, 6.45) is 0.940. The largest absolute Gasteiger partial charge is 0.462 e. The molecule has 0 fully saturated rings. The van der Waals surface area contributed by atoms with Crippen molar-refractivity contribution in [2.24, 2.45) is 0 Å². The van der Waals surface area contributed by atoms with Crippen LogP contribution in [0.15, 0.2) is 0 Å². The molecule has 0 aliphatic rings. The van der Waals surface area contributed by atoms with Crippen LogP contribution in [-0.4, -0.2) is 35.7 Å². The summed E-state index contributed by atoms with van der Waals surface area (Å²) in [7, 11) is 0. The van der Waals surface area contributed by atoms with Crippen molar-refractivity contribution in [1.29, 1.82) is 0 Å². The van der Waals surface area contributed by atoms with E-state index in [0.29, 0.717) is 12.8 Å². The minimum absolute atomic E-state index is 0.0779. The van der Waals surface area contributed by atoms with Gasteiger partial charge in [0.25, 0.3) is 0 Å². The van der Waals surface area contributed by atoms with Gasteiger partial charge in [0.15, 0.2) is 0 Å². The Labute approximate surface area is 107 Å². The van der Waals surface area contributed by atoms with Crippen LogP contribution < -0.4 is 0 Å². The normalized spacial score (nSPS) is 14.0. The van der Waals surface area contributed by atoms with Crippen molar-refractivity contribution in [2.75, 3.05) is 11.5 Å². The summed E-state index contributed by atoms with van der Waals surface area (Å²) in [6, 6.07) is 0. The van der Waals surface area contributed by atoms with E-state index >= 15 is 0 Å². The van der Waals surface area contributed by atoms with Crippen LogP contribution in [0.25, 0.3) is 0 Å². The van der Waals surface area contributed by atoms with Gasteiger partial charge in [-0.1, -0.05) is 0 Å². The third kappa shape index (κ3) is 7.87. The van der Waals surface area contributed by atoms with Gasteiger partial charge >= 0.3 is 11.9 Å². The van der Waals surface area contributed by atoms with Gasteiger partial charge in [-0.15, -0.1) is 0 Å². The van der Waals surface area contributed by atoms with Gasteiger partial charge in [-0.25, -0.2) is 0 Å². The summed E-state index contributed by atoms with van der Waals surface area (Å²) in [5.41, 5.74) is 0. The molecule has 16 heavy (non-hydrogen) atoms. The molecular weight excluding hydrogens is 248 g/mol. The lowest BCUT2D eigenvalue weighted by Crippen LogP contribution is -2.20. The van der Waals surface area contributed by atoms with Crippen LogP contribution in [0, 0.1) is 0 Å². The van der Waals surface area contributed by atoms with Crippen LogP contribution in [0.2, 0.25) is 0 Å². The number of carbonyl (C=O) groups is 2. The summed E-state index contributed by atoms with van der Waals surface area (Å²) in [4.78, 5) is 21.8. The van der Waals surface area contributed by atoms with Gasteiger partial charge in [0.1, 0.15) is 0 Å². The number of hydrogen-bond donors (Lipinski definition) is 2. The summed E-state index contributed by atoms with van der Waals surface area (Å²) in [6.45, 7) is 3.60. The maximum atomic E-state index is 10.9. The van der Waals surface area contributed by atoms with Crippen molar-refractivity contribution in [3.05, 3.63) is 0 Å². The van der Waals surface area contributed by atoms with Gasteiger partial charge < -0.3 is 9.47 Å². The number of carbonyl (C=O) groups excluding carboxylic acids is 2. The number of ether oxygens (including phenoxy) is 2. The highest BCUT2D eigenvalue weighted by Gasteiger charge is 2.12. The molecule has 6 heteroatoms. The number of esters is 2. The van der Waals surface area contributed by atoms with Crippen molar-refractivity contribution < 1.29 is 19.1 Å². The van der Waals surface area contributed by atoms with Crippen molar-refractivity contribution in [3.63, 3.8) is 0 Å². The molecule has 0 aliphatic heterocycles. The highest BCUT2D eigenvalue weighted by molar-refractivity contribution is 7.81. The maximum absolute atomic E-state index is 10.9. The molecule has 2 atom stereocenters. The molecule has 0 aliphatic carbocycles. The van der Waals surface area contributed by atoms with Gasteiger partial charge in [0, 0.05) is 0 Å². The number of hydrogen-bond acceptors (Lipinski definition) is 6. The van der Waals surface area contributed by atoms with Crippen LogP contribution in [0.1, 0.15) is 26.7 Å². The zero-order valence-corrected chi connectivity index (χ0v) is 11.3. The Morgan fingerprint density at radius 2 is 1.25 bits per heavy atom. The minimum Gasteiger partial charge on any atom is -0.462 e. The average Bonchev–Trinajstić information content (AvgIpc) is 2.26. The monoisotopic (exact) mass is 266 g/mol. The molecule has 0 saturated heterocycles. The SMILES string of the molecule is CC(CCC(C)OC(=O)CS)OC(=O)CS. The first kappa shape index (κ1) is 15.6. The highest BCUT2D eigenvalue weighted by Crippen LogP contribution is 2.08. The second-order valence-electron chi connectivity index (χ2n) is 3.49. The Morgan fingerprint density at radius 1 is 0.938 bits per heavy atom. The van der Waals surface area contributed by atoms with Gasteiger partial charge in [0.05, 0.1) is 23.7 Å². The lowest BCUT2D eigenvalue weighted by atomic mass is 10.1. The van der Waals surface area contributed by atoms with E-state index in [4.69, 9.17) is 9.47 Å². The molecular formula is C10H18O4S2. The molecule has 0 aromatic heterocycles. The first-order valence-corrected chi connectivity index (χ1v) is 6.36. The Morgan fingerprint density at radius 3 is 1.50 bits per heavy atom. The fourth-order valence-electron chi connectivity index (χ4n) is 1.11. The highest BCUT2D eigenvalue weighted by atomic mass is 32.1. The topological polar surface area (TPSA) is 52.6 Å². The third-order valence-electron chi connectivity index (χ3n) is 1.90. The molecule has 0 N–H and O–H groups in total. The number of thiol groups is 2. The molecule has 0 aromatic rings. The van der Waals surface area contributed by atoms with Gasteiger partial charge in [-0.3, -0.25) is 9.59 Å². The van der Waals surface area contributed by atoms with Crippen LogP contribution in [-0.2, 0) is 19.1 Å². The van der Waals surface area contributed by atoms with E-state index in [-0.39, 0.29) is 35.7 Å². The maximum Gasteiger partial charge on any atom is 0.315 e. The van der Waals surface area contributed by atoms with Gasteiger partial charge in [-0.05, 0) is 26.7 Å². The molecule has 0 spiro atoms. The van der Waals surface area contributed by atoms with Crippen LogP contribution in [0.5, 0.6) is 0 Å². The predicted octanol–water partition coefficient (Wildman–Crippen LogP) is 1.49. The molecule has 0 heterocycles. The van der Waals surface area contributed by atoms with Crippen LogP contribution >= 0.6 is 25.3 Å². The molecule has 0 radical (unpaired) electrons. The fraction of sp³-hybridized carbons (Fsp3) is 0.800. The van der Waals surface area contributed by atoms with E-state index in [1.165, 1.54) is 0 Å². The quantitative estimate of drug-likeness (QED) is 0.541. The van der Waals surface area contributed by atoms with E-state index in [2.05, 4.69) is 25.3 Å². The van der Waals surface area contributed by atoms with E-state index in [1.807, 2.05) is 0 Å². The first-order chi connectivity index (χ1) is 7.49. The van der Waals surface area contributed by atoms with Crippen molar-refractivity contribution in [1.82, 2.24) is 0 Å². The molecule has 94 valence electrons. The lowest BCUT2D eigenvalue weighted by molar-refractivity contribution is -0.148. The first-order valence-electron chi connectivity index (χ1n) is 5.10. The fourth-order valence-corrected chi connectivity index (χ4v) is 1.26. The summed E-state index contributed by atoms with van der Waals surface area (Å²) >= 11 is 7.61. The minimum atomic E-state index is -0.337. The summed E-state index contributed by atoms with van der Waals surface area (Å²) in [5.74, 6) is -0.519. The average molecular weight is 266 g/mol. The zero-order valence-electron chi connectivity index (χ0n) is 9.51. The summed E-state index contributed by atoms with van der Waals surface area (Å²) in [5, 5.41) is 0. The van der Waals surface area contributed by atoms with E-state index in [0.717, 1.165) is 0 Å². The molecule has 0 aromatic carbocycles. The van der Waals surface area contributed by atoms with Gasteiger partial charge in [-0.2, -0.15) is 25.3 Å². The molecule has 0 amide bonds. The smallest absolute Gasteiger partial charge is 0.315 e. The molecule has 0 bridgehead atoms. The van der Waals surface area contributed by atoms with Crippen LogP contribution in [0.4, 0.5) is 0 Å². The van der Waals surface area contributed by atoms with E-state index in [1.54, 1.807) is 13.8 Å². The van der Waals surface area contributed by atoms with Gasteiger partial charge in [0.2, 0.25) is 0 Å². The molecule has 4 nitrogen and oxygen atoms in total. The molecule has 0 rings (SSSR count). The Balaban J connectivity index is 3.70. The molecule has 0 saturated carbocycles. The van der Waals surface area contributed by atoms with Crippen LogP contribution in [0.3, 0.4) is 0 Å². The van der Waals surface area contributed by atoms with Crippen molar-refractivity contribution in [2.45, 2.75) is 38.9 Å². The molecule has 2 unspecified atom stereocenters. The zero-order chi connectivity index (χ0) is 12.6.